The maximum atomic E-state index is 13.2. The molecule has 0 saturated carbocycles. The highest BCUT2D eigenvalue weighted by Gasteiger charge is 2.26. The molecule has 0 unspecified atom stereocenters. The summed E-state index contributed by atoms with van der Waals surface area (Å²) in [6.07, 6.45) is 3.39. The number of hydrogen-bond donors (Lipinski definition) is 1. The van der Waals surface area contributed by atoms with E-state index in [1.165, 1.54) is 12.1 Å². The number of anilines is 2. The molecule has 0 bridgehead atoms. The van der Waals surface area contributed by atoms with Gasteiger partial charge in [-0.25, -0.2) is 9.37 Å². The van der Waals surface area contributed by atoms with Crippen LogP contribution in [0, 0.1) is 5.82 Å². The van der Waals surface area contributed by atoms with Crippen LogP contribution in [-0.4, -0.2) is 36.0 Å². The zero-order chi connectivity index (χ0) is 20.9. The van der Waals surface area contributed by atoms with Crippen molar-refractivity contribution in [2.45, 2.75) is 18.8 Å². The van der Waals surface area contributed by atoms with Crippen LogP contribution >= 0.6 is 0 Å². The number of ether oxygens (including phenoxy) is 1. The number of nitrogens with one attached hydrogen (secondary N) is 1. The molecule has 1 fully saturated rings. The molecule has 4 rings (SSSR count). The van der Waals surface area contributed by atoms with Crippen molar-refractivity contribution >= 4 is 17.4 Å². The first-order chi connectivity index (χ1) is 14.6. The lowest BCUT2D eigenvalue weighted by atomic mass is 9.89. The van der Waals surface area contributed by atoms with E-state index in [9.17, 15) is 9.18 Å². The third-order valence-electron chi connectivity index (χ3n) is 5.51. The number of carbonyl (C=O) groups is 1. The largest absolute Gasteiger partial charge is 0.497 e. The topological polar surface area (TPSA) is 54.5 Å². The minimum absolute atomic E-state index is 0.0309. The number of methoxy groups -OCH3 is 1. The van der Waals surface area contributed by atoms with Crippen molar-refractivity contribution < 1.29 is 13.9 Å². The van der Waals surface area contributed by atoms with Gasteiger partial charge in [0.2, 0.25) is 0 Å². The summed E-state index contributed by atoms with van der Waals surface area (Å²) in [5.41, 5.74) is 2.51. The van der Waals surface area contributed by atoms with Gasteiger partial charge in [-0.05, 0) is 72.9 Å². The van der Waals surface area contributed by atoms with Crippen LogP contribution in [0.3, 0.4) is 0 Å². The number of rotatable bonds is 5. The second-order valence-electron chi connectivity index (χ2n) is 7.37. The van der Waals surface area contributed by atoms with Gasteiger partial charge in [-0.3, -0.25) is 4.79 Å². The van der Waals surface area contributed by atoms with Crippen LogP contribution in [0.5, 0.6) is 5.75 Å². The molecule has 154 valence electrons. The van der Waals surface area contributed by atoms with Gasteiger partial charge >= 0.3 is 0 Å². The monoisotopic (exact) mass is 405 g/mol. The first-order valence-corrected chi connectivity index (χ1v) is 10.0. The normalized spacial score (nSPS) is 14.4. The summed E-state index contributed by atoms with van der Waals surface area (Å²) in [5.74, 6) is 1.40. The minimum atomic E-state index is -0.222. The fourth-order valence-electron chi connectivity index (χ4n) is 3.81. The first kappa shape index (κ1) is 19.9. The fraction of sp³-hybridized carbons (Fsp3) is 0.250. The number of piperidine rings is 1. The highest BCUT2D eigenvalue weighted by molar-refractivity contribution is 5.99. The van der Waals surface area contributed by atoms with Gasteiger partial charge in [-0.15, -0.1) is 0 Å². The number of aromatic nitrogens is 1. The smallest absolute Gasteiger partial charge is 0.257 e. The summed E-state index contributed by atoms with van der Waals surface area (Å²) in [6.45, 7) is 1.33. The van der Waals surface area contributed by atoms with Crippen molar-refractivity contribution in [2.75, 3.05) is 25.5 Å². The number of likely N-dealkylation sites (tertiary alicyclic amines) is 1. The van der Waals surface area contributed by atoms with E-state index in [0.717, 1.165) is 29.8 Å². The summed E-state index contributed by atoms with van der Waals surface area (Å²) < 4.78 is 18.4. The van der Waals surface area contributed by atoms with Crippen LogP contribution in [0.4, 0.5) is 15.9 Å². The van der Waals surface area contributed by atoms with Crippen molar-refractivity contribution in [1.82, 2.24) is 9.88 Å². The molecular weight excluding hydrogens is 381 g/mol. The Bertz CT molecular complexity index is 998. The van der Waals surface area contributed by atoms with E-state index < -0.39 is 0 Å². The zero-order valence-corrected chi connectivity index (χ0v) is 16.8. The van der Waals surface area contributed by atoms with E-state index in [0.29, 0.717) is 30.4 Å². The van der Waals surface area contributed by atoms with Crippen LogP contribution < -0.4 is 10.1 Å². The highest BCUT2D eigenvalue weighted by Crippen LogP contribution is 2.30. The Morgan fingerprint density at radius 2 is 1.77 bits per heavy atom. The Balaban J connectivity index is 1.44. The molecule has 1 N–H and O–H groups in total. The molecule has 30 heavy (non-hydrogen) atoms. The van der Waals surface area contributed by atoms with Crippen LogP contribution in [0.25, 0.3) is 0 Å². The number of carbonyl (C=O) groups excluding carboxylic acids is 1. The summed E-state index contributed by atoms with van der Waals surface area (Å²) in [7, 11) is 1.62. The molecule has 0 aliphatic carbocycles. The summed E-state index contributed by atoms with van der Waals surface area (Å²) >= 11 is 0. The van der Waals surface area contributed by atoms with Crippen molar-refractivity contribution in [3.8, 4) is 5.75 Å². The molecule has 0 radical (unpaired) electrons. The van der Waals surface area contributed by atoms with E-state index in [1.807, 2.05) is 41.3 Å². The van der Waals surface area contributed by atoms with E-state index >= 15 is 0 Å². The van der Waals surface area contributed by atoms with Gasteiger partial charge < -0.3 is 15.0 Å². The average molecular weight is 405 g/mol. The molecule has 1 aliphatic rings. The summed E-state index contributed by atoms with van der Waals surface area (Å²) in [6, 6.07) is 17.7. The number of pyridine rings is 1. The van der Waals surface area contributed by atoms with Crippen molar-refractivity contribution in [1.29, 1.82) is 0 Å². The minimum Gasteiger partial charge on any atom is -0.497 e. The lowest BCUT2D eigenvalue weighted by molar-refractivity contribution is 0.0713. The Labute approximate surface area is 175 Å². The molecule has 6 heteroatoms. The molecule has 2 aromatic carbocycles. The highest BCUT2D eigenvalue weighted by atomic mass is 19.1. The molecule has 1 saturated heterocycles. The van der Waals surface area contributed by atoms with Crippen LogP contribution in [0.15, 0.2) is 66.9 Å². The lowest BCUT2D eigenvalue weighted by Gasteiger charge is -2.32. The third-order valence-corrected chi connectivity index (χ3v) is 5.51. The fourth-order valence-corrected chi connectivity index (χ4v) is 3.81. The molecule has 1 aromatic heterocycles. The molecule has 0 atom stereocenters. The molecule has 1 aliphatic heterocycles. The van der Waals surface area contributed by atoms with Crippen LogP contribution in [0.2, 0.25) is 0 Å². The van der Waals surface area contributed by atoms with Gasteiger partial charge in [-0.2, -0.15) is 0 Å². The maximum Gasteiger partial charge on any atom is 0.257 e. The molecule has 1 amide bonds. The van der Waals surface area contributed by atoms with Crippen LogP contribution in [0.1, 0.15) is 34.7 Å². The Hall–Kier alpha value is -3.41. The van der Waals surface area contributed by atoms with Crippen molar-refractivity contribution in [2.24, 2.45) is 0 Å². The van der Waals surface area contributed by atoms with Gasteiger partial charge in [-0.1, -0.05) is 12.1 Å². The lowest BCUT2D eigenvalue weighted by Crippen LogP contribution is -2.38. The predicted octanol–water partition coefficient (Wildman–Crippen LogP) is 4.99. The van der Waals surface area contributed by atoms with Gasteiger partial charge in [0.1, 0.15) is 17.4 Å². The van der Waals surface area contributed by atoms with Gasteiger partial charge in [0.25, 0.3) is 5.91 Å². The molecule has 0 spiro atoms. The maximum absolute atomic E-state index is 13.2. The quantitative estimate of drug-likeness (QED) is 0.650. The predicted molar refractivity (Wildman–Crippen MR) is 115 cm³/mol. The number of amides is 1. The van der Waals surface area contributed by atoms with Gasteiger partial charge in [0, 0.05) is 25.0 Å². The second kappa shape index (κ2) is 8.95. The standard InChI is InChI=1S/C24H24FN3O2/c1-30-21-10-8-20(9-11-21)27-23-22(3-2-14-26-23)24(29)28-15-12-18(13-16-28)17-4-6-19(25)7-5-17/h2-11,14,18H,12-13,15-16H2,1H3,(H,26,27). The SMILES string of the molecule is COc1ccc(Nc2ncccc2C(=O)N2CCC(c3ccc(F)cc3)CC2)cc1. The van der Waals surface area contributed by atoms with Crippen molar-refractivity contribution in [3.63, 3.8) is 0 Å². The molecule has 3 aromatic rings. The molecule has 2 heterocycles. The number of benzene rings is 2. The summed E-state index contributed by atoms with van der Waals surface area (Å²) in [4.78, 5) is 19.4. The zero-order valence-electron chi connectivity index (χ0n) is 16.8. The van der Waals surface area contributed by atoms with E-state index in [4.69, 9.17) is 4.74 Å². The van der Waals surface area contributed by atoms with Crippen LogP contribution in [-0.2, 0) is 0 Å². The van der Waals surface area contributed by atoms with Crippen molar-refractivity contribution in [3.05, 3.63) is 83.8 Å². The van der Waals surface area contributed by atoms with Gasteiger partial charge in [0.15, 0.2) is 0 Å². The Morgan fingerprint density at radius 3 is 2.43 bits per heavy atom. The molecular formula is C24H24FN3O2. The third kappa shape index (κ3) is 4.43. The van der Waals surface area contributed by atoms with Gasteiger partial charge in [0.05, 0.1) is 12.7 Å². The number of halogens is 1. The number of hydrogen-bond acceptors (Lipinski definition) is 4. The average Bonchev–Trinajstić information content (AvgIpc) is 2.80. The Kier molecular flexibility index (Phi) is 5.93. The number of nitrogens with zero attached hydrogens (tertiary/aromatic N) is 2. The van der Waals surface area contributed by atoms with E-state index in [2.05, 4.69) is 10.3 Å². The van der Waals surface area contributed by atoms with E-state index in [1.54, 1.807) is 25.4 Å². The van der Waals surface area contributed by atoms with E-state index in [-0.39, 0.29) is 11.7 Å². The Morgan fingerprint density at radius 1 is 1.07 bits per heavy atom. The molecule has 5 nitrogen and oxygen atoms in total. The second-order valence-corrected chi connectivity index (χ2v) is 7.37. The summed E-state index contributed by atoms with van der Waals surface area (Å²) in [5, 5.41) is 3.23. The first-order valence-electron chi connectivity index (χ1n) is 10.0.